The average molecular weight is 425 g/mol. The Labute approximate surface area is 179 Å². The Morgan fingerprint density at radius 2 is 1.73 bits per heavy atom. The Balaban J connectivity index is 1.61. The van der Waals surface area contributed by atoms with Crippen molar-refractivity contribution in [3.05, 3.63) is 0 Å². The summed E-state index contributed by atoms with van der Waals surface area (Å²) in [5.74, 6) is -0.144. The van der Waals surface area contributed by atoms with E-state index >= 15 is 0 Å². The Hall–Kier alpha value is -0.690. The fourth-order valence-electron chi connectivity index (χ4n) is 8.75. The van der Waals surface area contributed by atoms with Crippen LogP contribution in [0.5, 0.6) is 0 Å². The fourth-order valence-corrected chi connectivity index (χ4v) is 8.75. The van der Waals surface area contributed by atoms with Crippen LogP contribution in [0.15, 0.2) is 0 Å². The van der Waals surface area contributed by atoms with E-state index < -0.39 is 24.3 Å². The molecule has 0 bridgehead atoms. The predicted molar refractivity (Wildman–Crippen MR) is 111 cm³/mol. The first kappa shape index (κ1) is 22.5. The topological polar surface area (TPSA) is 118 Å². The molecule has 5 N–H and O–H groups in total. The van der Waals surface area contributed by atoms with Crippen LogP contribution in [0.3, 0.4) is 0 Å². The molecular weight excluding hydrogens is 384 g/mol. The molecule has 4 saturated carbocycles. The Kier molecular flexibility index (Phi) is 5.79. The first-order valence-corrected chi connectivity index (χ1v) is 11.9. The van der Waals surface area contributed by atoms with Gasteiger partial charge in [0, 0.05) is 0 Å². The number of carbonyl (C=O) groups is 1. The van der Waals surface area contributed by atoms with E-state index in [9.17, 15) is 25.2 Å². The van der Waals surface area contributed by atoms with Gasteiger partial charge in [-0.2, -0.15) is 0 Å². The first-order chi connectivity index (χ1) is 14.0. The number of carboxylic acid groups (broad SMARTS) is 1. The van der Waals surface area contributed by atoms with E-state index in [0.717, 1.165) is 38.5 Å². The molecule has 12 atom stereocenters. The molecular formula is C24H40O6. The van der Waals surface area contributed by atoms with E-state index in [2.05, 4.69) is 13.8 Å². The average Bonchev–Trinajstić information content (AvgIpc) is 3.02. The monoisotopic (exact) mass is 424 g/mol. The van der Waals surface area contributed by atoms with Crippen molar-refractivity contribution in [1.29, 1.82) is 0 Å². The lowest BCUT2D eigenvalue weighted by atomic mass is 9.43. The van der Waals surface area contributed by atoms with Crippen LogP contribution in [0.25, 0.3) is 0 Å². The molecule has 0 unspecified atom stereocenters. The van der Waals surface area contributed by atoms with Crippen molar-refractivity contribution >= 4 is 5.97 Å². The summed E-state index contributed by atoms with van der Waals surface area (Å²) in [6.07, 6.45) is 3.40. The van der Waals surface area contributed by atoms with Gasteiger partial charge in [-0.05, 0) is 97.7 Å². The van der Waals surface area contributed by atoms with Gasteiger partial charge in [-0.1, -0.05) is 20.8 Å². The van der Waals surface area contributed by atoms with Crippen LogP contribution in [0.4, 0.5) is 0 Å². The van der Waals surface area contributed by atoms with E-state index in [4.69, 9.17) is 5.11 Å². The molecule has 30 heavy (non-hydrogen) atoms. The summed E-state index contributed by atoms with van der Waals surface area (Å²) in [5, 5.41) is 51.9. The molecule has 0 saturated heterocycles. The molecule has 0 spiro atoms. The molecule has 0 heterocycles. The standard InChI is InChI=1S/C24H40O6/c1-12(8-19(27)22(29)30)15-4-5-16-21-17(11-20(28)24(15,16)3)23(2)7-6-14(25)9-13(23)10-18(21)26/h12-21,25-28H,4-11H2,1-3H3,(H,29,30)/t12-,13+,14-,15-,16+,17+,18-,19-,20+,21+,23+,24-/m1/s1. The molecule has 4 rings (SSSR count). The van der Waals surface area contributed by atoms with Crippen molar-refractivity contribution in [3.8, 4) is 0 Å². The third-order valence-corrected chi connectivity index (χ3v) is 10.4. The molecule has 0 aliphatic heterocycles. The smallest absolute Gasteiger partial charge is 0.332 e. The molecule has 172 valence electrons. The van der Waals surface area contributed by atoms with Gasteiger partial charge in [-0.15, -0.1) is 0 Å². The summed E-state index contributed by atoms with van der Waals surface area (Å²) in [5.41, 5.74) is -0.314. The van der Waals surface area contributed by atoms with Crippen LogP contribution in [0.1, 0.15) is 72.1 Å². The van der Waals surface area contributed by atoms with Gasteiger partial charge in [0.05, 0.1) is 18.3 Å². The highest BCUT2D eigenvalue weighted by Crippen LogP contribution is 2.68. The highest BCUT2D eigenvalue weighted by atomic mass is 16.4. The second-order valence-electron chi connectivity index (χ2n) is 11.6. The molecule has 0 aromatic carbocycles. The van der Waals surface area contributed by atoms with E-state index in [1.165, 1.54) is 0 Å². The van der Waals surface area contributed by atoms with Gasteiger partial charge >= 0.3 is 5.97 Å². The van der Waals surface area contributed by atoms with Gasteiger partial charge in [0.2, 0.25) is 0 Å². The SMILES string of the molecule is C[C@H](C[C@@H](O)C(=O)O)[C@H]1CC[C@H]2[C@@H]3[C@H](O)C[C@@H]4C[C@H](O)CC[C@]4(C)[C@H]3C[C@H](O)[C@]12C. The minimum Gasteiger partial charge on any atom is -0.479 e. The van der Waals surface area contributed by atoms with Crippen molar-refractivity contribution in [2.24, 2.45) is 46.3 Å². The van der Waals surface area contributed by atoms with Gasteiger partial charge in [0.15, 0.2) is 6.10 Å². The Morgan fingerprint density at radius 3 is 2.40 bits per heavy atom. The van der Waals surface area contributed by atoms with Gasteiger partial charge in [-0.3, -0.25) is 0 Å². The summed E-state index contributed by atoms with van der Waals surface area (Å²) in [6.45, 7) is 6.47. The van der Waals surface area contributed by atoms with Crippen molar-refractivity contribution < 1.29 is 30.3 Å². The van der Waals surface area contributed by atoms with Crippen LogP contribution in [-0.4, -0.2) is 55.9 Å². The lowest BCUT2D eigenvalue weighted by Gasteiger charge is -2.63. The van der Waals surface area contributed by atoms with Gasteiger partial charge in [0.25, 0.3) is 0 Å². The number of hydrogen-bond acceptors (Lipinski definition) is 5. The summed E-state index contributed by atoms with van der Waals surface area (Å²) in [6, 6.07) is 0. The number of aliphatic hydroxyl groups is 4. The second kappa shape index (κ2) is 7.72. The van der Waals surface area contributed by atoms with E-state index in [1.54, 1.807) is 0 Å². The van der Waals surface area contributed by atoms with Gasteiger partial charge in [0.1, 0.15) is 0 Å². The summed E-state index contributed by atoms with van der Waals surface area (Å²) in [7, 11) is 0. The number of aliphatic carboxylic acids is 1. The lowest BCUT2D eigenvalue weighted by molar-refractivity contribution is -0.207. The van der Waals surface area contributed by atoms with Crippen LogP contribution in [-0.2, 0) is 4.79 Å². The predicted octanol–water partition coefficient (Wildman–Crippen LogP) is 2.42. The minimum atomic E-state index is -1.37. The highest BCUT2D eigenvalue weighted by Gasteiger charge is 2.65. The Morgan fingerprint density at radius 1 is 1.03 bits per heavy atom. The van der Waals surface area contributed by atoms with Crippen molar-refractivity contribution in [2.45, 2.75) is 96.6 Å². The molecule has 4 aliphatic carbocycles. The number of carboxylic acids is 1. The zero-order valence-corrected chi connectivity index (χ0v) is 18.6. The van der Waals surface area contributed by atoms with Gasteiger partial charge in [-0.25, -0.2) is 4.79 Å². The minimum absolute atomic E-state index is 0.00815. The zero-order valence-electron chi connectivity index (χ0n) is 18.6. The van der Waals surface area contributed by atoms with Gasteiger partial charge < -0.3 is 25.5 Å². The lowest BCUT2D eigenvalue weighted by Crippen LogP contribution is -2.62. The van der Waals surface area contributed by atoms with E-state index in [1.807, 2.05) is 6.92 Å². The number of rotatable bonds is 4. The molecule has 6 nitrogen and oxygen atoms in total. The first-order valence-electron chi connectivity index (χ1n) is 11.9. The molecule has 0 amide bonds. The maximum Gasteiger partial charge on any atom is 0.332 e. The van der Waals surface area contributed by atoms with Crippen LogP contribution >= 0.6 is 0 Å². The maximum absolute atomic E-state index is 11.5. The Bertz CT molecular complexity index is 668. The normalized spacial score (nSPS) is 52.6. The molecule has 4 fully saturated rings. The van der Waals surface area contributed by atoms with Crippen molar-refractivity contribution in [2.75, 3.05) is 0 Å². The summed E-state index contributed by atoms with van der Waals surface area (Å²) in [4.78, 5) is 11.1. The largest absolute Gasteiger partial charge is 0.479 e. The summed E-state index contributed by atoms with van der Waals surface area (Å²) >= 11 is 0. The molecule has 6 heteroatoms. The second-order valence-corrected chi connectivity index (χ2v) is 11.6. The zero-order chi connectivity index (χ0) is 22.0. The van der Waals surface area contributed by atoms with Crippen molar-refractivity contribution in [1.82, 2.24) is 0 Å². The fraction of sp³-hybridized carbons (Fsp3) is 0.958. The maximum atomic E-state index is 11.5. The molecule has 4 aliphatic rings. The van der Waals surface area contributed by atoms with Crippen LogP contribution in [0, 0.1) is 46.3 Å². The molecule has 0 aromatic rings. The van der Waals surface area contributed by atoms with Crippen LogP contribution < -0.4 is 0 Å². The third-order valence-electron chi connectivity index (χ3n) is 10.4. The highest BCUT2D eigenvalue weighted by molar-refractivity contribution is 5.71. The number of hydrogen-bond donors (Lipinski definition) is 5. The number of aliphatic hydroxyl groups excluding tert-OH is 4. The summed E-state index contributed by atoms with van der Waals surface area (Å²) < 4.78 is 0. The number of fused-ring (bicyclic) bond motifs is 5. The van der Waals surface area contributed by atoms with Crippen molar-refractivity contribution in [3.63, 3.8) is 0 Å². The third kappa shape index (κ3) is 3.25. The quantitative estimate of drug-likeness (QED) is 0.473. The molecule has 0 aromatic heterocycles. The van der Waals surface area contributed by atoms with Crippen LogP contribution in [0.2, 0.25) is 0 Å². The van der Waals surface area contributed by atoms with E-state index in [0.29, 0.717) is 12.3 Å². The van der Waals surface area contributed by atoms with E-state index in [-0.39, 0.29) is 52.9 Å². The molecule has 0 radical (unpaired) electrons.